The molecule has 0 atom stereocenters. The Morgan fingerprint density at radius 3 is 2.35 bits per heavy atom. The lowest BCUT2D eigenvalue weighted by molar-refractivity contribution is 0.0757. The Kier molecular flexibility index (Phi) is 7.70. The van der Waals surface area contributed by atoms with Crippen molar-refractivity contribution in [3.8, 4) is 0 Å². The molecule has 0 spiro atoms. The third kappa shape index (κ3) is 5.17. The minimum Gasteiger partial charge on any atom is -0.339 e. The van der Waals surface area contributed by atoms with Crippen molar-refractivity contribution in [3.63, 3.8) is 0 Å². The molecule has 0 aliphatic rings. The SMILES string of the molecule is CCN(CC)CCCN(CC)C(=O)c1cccc(S)c1. The summed E-state index contributed by atoms with van der Waals surface area (Å²) in [5.74, 6) is 0.1000. The Balaban J connectivity index is 2.55. The predicted molar refractivity (Wildman–Crippen MR) is 87.7 cm³/mol. The maximum absolute atomic E-state index is 12.4. The molecule has 112 valence electrons. The van der Waals surface area contributed by atoms with Crippen LogP contribution in [0.5, 0.6) is 0 Å². The van der Waals surface area contributed by atoms with Crippen LogP contribution in [-0.2, 0) is 0 Å². The largest absolute Gasteiger partial charge is 0.339 e. The first-order chi connectivity index (χ1) is 9.62. The minimum absolute atomic E-state index is 0.1000. The first kappa shape index (κ1) is 17.1. The Labute approximate surface area is 128 Å². The second-order valence-electron chi connectivity index (χ2n) is 4.82. The lowest BCUT2D eigenvalue weighted by Crippen LogP contribution is -2.34. The van der Waals surface area contributed by atoms with Crippen LogP contribution >= 0.6 is 12.6 Å². The molecular weight excluding hydrogens is 268 g/mol. The Bertz CT molecular complexity index is 419. The van der Waals surface area contributed by atoms with Crippen molar-refractivity contribution in [2.24, 2.45) is 0 Å². The van der Waals surface area contributed by atoms with E-state index in [9.17, 15) is 4.79 Å². The Morgan fingerprint density at radius 2 is 1.80 bits per heavy atom. The highest BCUT2D eigenvalue weighted by molar-refractivity contribution is 7.80. The highest BCUT2D eigenvalue weighted by atomic mass is 32.1. The van der Waals surface area contributed by atoms with Crippen LogP contribution in [0.15, 0.2) is 29.2 Å². The summed E-state index contributed by atoms with van der Waals surface area (Å²) in [6.45, 7) is 11.1. The third-order valence-corrected chi connectivity index (χ3v) is 3.84. The van der Waals surface area contributed by atoms with E-state index in [2.05, 4.69) is 31.4 Å². The molecule has 1 amide bonds. The molecule has 0 N–H and O–H groups in total. The van der Waals surface area contributed by atoms with Gasteiger partial charge in [-0.3, -0.25) is 4.79 Å². The fourth-order valence-corrected chi connectivity index (χ4v) is 2.47. The summed E-state index contributed by atoms with van der Waals surface area (Å²) in [4.78, 5) is 17.5. The van der Waals surface area contributed by atoms with Crippen molar-refractivity contribution in [2.45, 2.75) is 32.1 Å². The molecule has 0 aromatic heterocycles. The van der Waals surface area contributed by atoms with Gasteiger partial charge in [0, 0.05) is 23.5 Å². The summed E-state index contributed by atoms with van der Waals surface area (Å²) in [5, 5.41) is 0. The number of carbonyl (C=O) groups excluding carboxylic acids is 1. The molecule has 1 rings (SSSR count). The van der Waals surface area contributed by atoms with Gasteiger partial charge in [0.1, 0.15) is 0 Å². The fraction of sp³-hybridized carbons (Fsp3) is 0.562. The lowest BCUT2D eigenvalue weighted by Gasteiger charge is -2.23. The zero-order valence-electron chi connectivity index (χ0n) is 12.8. The Morgan fingerprint density at radius 1 is 1.10 bits per heavy atom. The second kappa shape index (κ2) is 9.03. The van der Waals surface area contributed by atoms with E-state index >= 15 is 0 Å². The van der Waals surface area contributed by atoms with Crippen LogP contribution < -0.4 is 0 Å². The summed E-state index contributed by atoms with van der Waals surface area (Å²) < 4.78 is 0. The zero-order chi connectivity index (χ0) is 15.0. The van der Waals surface area contributed by atoms with Crippen molar-refractivity contribution in [3.05, 3.63) is 29.8 Å². The van der Waals surface area contributed by atoms with Gasteiger partial charge in [-0.25, -0.2) is 0 Å². The summed E-state index contributed by atoms with van der Waals surface area (Å²) >= 11 is 4.29. The number of rotatable bonds is 8. The molecule has 0 saturated heterocycles. The highest BCUT2D eigenvalue weighted by Gasteiger charge is 2.14. The summed E-state index contributed by atoms with van der Waals surface area (Å²) in [6, 6.07) is 7.45. The number of benzene rings is 1. The van der Waals surface area contributed by atoms with Crippen molar-refractivity contribution in [1.82, 2.24) is 9.80 Å². The summed E-state index contributed by atoms with van der Waals surface area (Å²) in [7, 11) is 0. The van der Waals surface area contributed by atoms with E-state index < -0.39 is 0 Å². The van der Waals surface area contributed by atoms with E-state index in [-0.39, 0.29) is 5.91 Å². The molecule has 0 radical (unpaired) electrons. The van der Waals surface area contributed by atoms with Crippen molar-refractivity contribution in [2.75, 3.05) is 32.7 Å². The van der Waals surface area contributed by atoms with Crippen molar-refractivity contribution >= 4 is 18.5 Å². The second-order valence-corrected chi connectivity index (χ2v) is 5.33. The van der Waals surface area contributed by atoms with Gasteiger partial charge in [-0.1, -0.05) is 19.9 Å². The molecule has 1 aromatic carbocycles. The molecule has 0 aliphatic carbocycles. The van der Waals surface area contributed by atoms with E-state index in [1.165, 1.54) is 0 Å². The van der Waals surface area contributed by atoms with Crippen LogP contribution in [0.25, 0.3) is 0 Å². The van der Waals surface area contributed by atoms with Crippen LogP contribution in [0.3, 0.4) is 0 Å². The number of nitrogens with zero attached hydrogens (tertiary/aromatic N) is 2. The maximum atomic E-state index is 12.4. The van der Waals surface area contributed by atoms with E-state index in [0.29, 0.717) is 0 Å². The van der Waals surface area contributed by atoms with Crippen LogP contribution in [0.4, 0.5) is 0 Å². The quantitative estimate of drug-likeness (QED) is 0.745. The molecule has 4 heteroatoms. The summed E-state index contributed by atoms with van der Waals surface area (Å²) in [5.41, 5.74) is 0.724. The van der Waals surface area contributed by atoms with E-state index in [1.54, 1.807) is 0 Å². The normalized spacial score (nSPS) is 10.8. The number of hydrogen-bond acceptors (Lipinski definition) is 3. The Hall–Kier alpha value is -1.00. The minimum atomic E-state index is 0.1000. The molecule has 0 saturated carbocycles. The van der Waals surface area contributed by atoms with Gasteiger partial charge in [-0.2, -0.15) is 0 Å². The first-order valence-electron chi connectivity index (χ1n) is 7.43. The standard InChI is InChI=1S/C16H26N2OS/c1-4-17(5-2)11-8-12-18(6-3)16(19)14-9-7-10-15(20)13-14/h7,9-10,13,20H,4-6,8,11-12H2,1-3H3. The van der Waals surface area contributed by atoms with Gasteiger partial charge in [0.05, 0.1) is 0 Å². The van der Waals surface area contributed by atoms with Crippen LogP contribution in [-0.4, -0.2) is 48.4 Å². The number of carbonyl (C=O) groups is 1. The average molecular weight is 294 g/mol. The third-order valence-electron chi connectivity index (χ3n) is 3.56. The van der Waals surface area contributed by atoms with Gasteiger partial charge in [-0.15, -0.1) is 12.6 Å². The average Bonchev–Trinajstić information content (AvgIpc) is 2.47. The smallest absolute Gasteiger partial charge is 0.253 e. The van der Waals surface area contributed by atoms with E-state index in [1.807, 2.05) is 36.1 Å². The van der Waals surface area contributed by atoms with E-state index in [0.717, 1.165) is 49.6 Å². The zero-order valence-corrected chi connectivity index (χ0v) is 13.7. The van der Waals surface area contributed by atoms with Crippen LogP contribution in [0, 0.1) is 0 Å². The molecule has 0 heterocycles. The van der Waals surface area contributed by atoms with Gasteiger partial charge >= 0.3 is 0 Å². The topological polar surface area (TPSA) is 23.6 Å². The molecule has 3 nitrogen and oxygen atoms in total. The first-order valence-corrected chi connectivity index (χ1v) is 7.87. The predicted octanol–water partition coefficient (Wildman–Crippen LogP) is 3.17. The number of thiol groups is 1. The maximum Gasteiger partial charge on any atom is 0.253 e. The number of hydrogen-bond donors (Lipinski definition) is 1. The number of amides is 1. The molecule has 20 heavy (non-hydrogen) atoms. The van der Waals surface area contributed by atoms with E-state index in [4.69, 9.17) is 0 Å². The highest BCUT2D eigenvalue weighted by Crippen LogP contribution is 2.11. The van der Waals surface area contributed by atoms with Gasteiger partial charge in [-0.05, 0) is 51.2 Å². The molecule has 0 aliphatic heterocycles. The molecule has 1 aromatic rings. The molecule has 0 bridgehead atoms. The van der Waals surface area contributed by atoms with Crippen LogP contribution in [0.2, 0.25) is 0 Å². The fourth-order valence-electron chi connectivity index (χ4n) is 2.25. The van der Waals surface area contributed by atoms with Gasteiger partial charge in [0.2, 0.25) is 0 Å². The van der Waals surface area contributed by atoms with Crippen LogP contribution in [0.1, 0.15) is 37.6 Å². The van der Waals surface area contributed by atoms with Crippen molar-refractivity contribution in [1.29, 1.82) is 0 Å². The monoisotopic (exact) mass is 294 g/mol. The molecular formula is C16H26N2OS. The van der Waals surface area contributed by atoms with Gasteiger partial charge in [0.25, 0.3) is 5.91 Å². The van der Waals surface area contributed by atoms with Crippen molar-refractivity contribution < 1.29 is 4.79 Å². The lowest BCUT2D eigenvalue weighted by atomic mass is 10.2. The molecule has 0 unspecified atom stereocenters. The van der Waals surface area contributed by atoms with Gasteiger partial charge in [0.15, 0.2) is 0 Å². The molecule has 0 fully saturated rings. The van der Waals surface area contributed by atoms with Gasteiger partial charge < -0.3 is 9.80 Å². The summed E-state index contributed by atoms with van der Waals surface area (Å²) in [6.07, 6.45) is 1.02.